The number of nitriles is 1. The molecular formula is C18H13F4N2Na2O6PS. The van der Waals surface area contributed by atoms with E-state index in [9.17, 15) is 40.9 Å². The number of phosphoric acid groups is 1. The molecule has 0 spiro atoms. The van der Waals surface area contributed by atoms with Gasteiger partial charge in [-0.05, 0) is 49.4 Å². The molecule has 2 atom stereocenters. The number of alkyl halides is 3. The standard InChI is InChI=1S/C18H15F4N2O6PS.2Na/c1-17(30-31(26,27)28,10-32(29)14-6-3-12(19)4-7-14)16(25)24-13-5-2-11(9-23)15(8-13)18(20,21)22;;/h2-8H,10H2,1H3,(H,24,25)(H2,26,27,28);;/q;2*+1/p-2/t17-,32?;;/m0../s1. The first-order chi connectivity index (χ1) is 14.6. The maximum atomic E-state index is 13.1. The summed E-state index contributed by atoms with van der Waals surface area (Å²) in [5.74, 6) is -2.95. The average molecular weight is 538 g/mol. The van der Waals surface area contributed by atoms with Gasteiger partial charge < -0.3 is 24.2 Å². The molecule has 2 aromatic carbocycles. The van der Waals surface area contributed by atoms with Crippen LogP contribution >= 0.6 is 7.82 Å². The van der Waals surface area contributed by atoms with Crippen LogP contribution in [0.4, 0.5) is 23.2 Å². The molecule has 0 saturated carbocycles. The smallest absolute Gasteiger partial charge is 0.790 e. The summed E-state index contributed by atoms with van der Waals surface area (Å²) in [6, 6.07) is 7.58. The van der Waals surface area contributed by atoms with Crippen molar-refractivity contribution in [1.82, 2.24) is 0 Å². The Morgan fingerprint density at radius 1 is 1.18 bits per heavy atom. The van der Waals surface area contributed by atoms with E-state index in [2.05, 4.69) is 4.52 Å². The summed E-state index contributed by atoms with van der Waals surface area (Å²) in [6.07, 6.45) is -4.94. The van der Waals surface area contributed by atoms with Gasteiger partial charge in [0.2, 0.25) is 0 Å². The Morgan fingerprint density at radius 3 is 2.21 bits per heavy atom. The summed E-state index contributed by atoms with van der Waals surface area (Å²) in [7, 11) is -8.00. The zero-order valence-electron chi connectivity index (χ0n) is 18.0. The summed E-state index contributed by atoms with van der Waals surface area (Å²) in [6.45, 7) is 0.806. The number of nitrogens with zero attached hydrogens (tertiary/aromatic N) is 1. The maximum absolute atomic E-state index is 13.1. The van der Waals surface area contributed by atoms with Crippen molar-refractivity contribution >= 4 is 30.2 Å². The molecule has 0 bridgehead atoms. The first-order valence-corrected chi connectivity index (χ1v) is 11.2. The number of halogens is 4. The maximum Gasteiger partial charge on any atom is 1.00 e. The molecule has 2 rings (SSSR count). The van der Waals surface area contributed by atoms with Crippen molar-refractivity contribution in [3.63, 3.8) is 0 Å². The third-order valence-electron chi connectivity index (χ3n) is 3.98. The SMILES string of the molecule is C[C@@](CS(=O)c1ccc(F)cc1)(OP(=O)([O-])[O-])C(=O)Nc1ccc(C#N)c(C(F)(F)F)c1.[Na+].[Na+]. The predicted octanol–water partition coefficient (Wildman–Crippen LogP) is -3.93. The van der Waals surface area contributed by atoms with Crippen molar-refractivity contribution in [2.75, 3.05) is 11.1 Å². The summed E-state index contributed by atoms with van der Waals surface area (Å²) in [5, 5.41) is 10.8. The fourth-order valence-electron chi connectivity index (χ4n) is 2.52. The third-order valence-corrected chi connectivity index (χ3v) is 6.22. The topological polar surface area (TPSA) is 142 Å². The normalized spacial score (nSPS) is 13.9. The second kappa shape index (κ2) is 13.1. The zero-order chi connectivity index (χ0) is 24.3. The van der Waals surface area contributed by atoms with Crippen molar-refractivity contribution in [1.29, 1.82) is 5.26 Å². The molecule has 1 unspecified atom stereocenters. The minimum Gasteiger partial charge on any atom is -0.790 e. The molecule has 0 aliphatic rings. The molecule has 0 radical (unpaired) electrons. The van der Waals surface area contributed by atoms with Gasteiger partial charge in [0.15, 0.2) is 5.60 Å². The molecule has 0 fully saturated rings. The molecule has 0 aromatic heterocycles. The molecule has 8 nitrogen and oxygen atoms in total. The number of hydrogen-bond donors (Lipinski definition) is 1. The van der Waals surface area contributed by atoms with E-state index in [1.165, 1.54) is 6.07 Å². The molecule has 1 amide bonds. The molecule has 0 aliphatic carbocycles. The number of hydrogen-bond acceptors (Lipinski definition) is 7. The van der Waals surface area contributed by atoms with Crippen LogP contribution < -0.4 is 74.2 Å². The van der Waals surface area contributed by atoms with Crippen LogP contribution in [0, 0.1) is 17.1 Å². The predicted molar refractivity (Wildman–Crippen MR) is 99.6 cm³/mol. The van der Waals surface area contributed by atoms with Crippen LogP contribution in [0.15, 0.2) is 47.4 Å². The van der Waals surface area contributed by atoms with Crippen LogP contribution in [0.1, 0.15) is 18.1 Å². The van der Waals surface area contributed by atoms with Crippen LogP contribution in [0.5, 0.6) is 0 Å². The van der Waals surface area contributed by atoms with Gasteiger partial charge in [0, 0.05) is 10.6 Å². The largest absolute Gasteiger partial charge is 1.00 e. The fraction of sp³-hybridized carbons (Fsp3) is 0.222. The van der Waals surface area contributed by atoms with Gasteiger partial charge in [0.25, 0.3) is 5.91 Å². The Hall–Kier alpha value is -0.620. The summed E-state index contributed by atoms with van der Waals surface area (Å²) in [4.78, 5) is 35.0. The quantitative estimate of drug-likeness (QED) is 0.216. The Balaban J connectivity index is 0.00000544. The van der Waals surface area contributed by atoms with Crippen molar-refractivity contribution < 1.29 is 105 Å². The second-order valence-corrected chi connectivity index (χ2v) is 9.07. The Kier molecular flexibility index (Phi) is 12.8. The van der Waals surface area contributed by atoms with Gasteiger partial charge in [-0.25, -0.2) is 4.39 Å². The van der Waals surface area contributed by atoms with E-state index in [1.807, 2.05) is 5.32 Å². The number of rotatable bonds is 7. The summed E-state index contributed by atoms with van der Waals surface area (Å²) >= 11 is 0. The minimum absolute atomic E-state index is 0. The number of carbonyl (C=O) groups excluding carboxylic acids is 1. The van der Waals surface area contributed by atoms with Crippen LogP contribution in [0.3, 0.4) is 0 Å². The molecule has 0 saturated heterocycles. The molecular weight excluding hydrogens is 525 g/mol. The number of phosphoric ester groups is 1. The van der Waals surface area contributed by atoms with Crippen LogP contribution in [0.25, 0.3) is 0 Å². The van der Waals surface area contributed by atoms with Gasteiger partial charge in [-0.15, -0.1) is 0 Å². The van der Waals surface area contributed by atoms with E-state index in [1.54, 1.807) is 0 Å². The van der Waals surface area contributed by atoms with Gasteiger partial charge in [-0.1, -0.05) is 0 Å². The minimum atomic E-state index is -5.83. The van der Waals surface area contributed by atoms with Crippen molar-refractivity contribution in [2.45, 2.75) is 23.6 Å². The number of anilines is 1. The van der Waals surface area contributed by atoms with E-state index in [0.29, 0.717) is 6.07 Å². The van der Waals surface area contributed by atoms with E-state index in [4.69, 9.17) is 5.26 Å². The van der Waals surface area contributed by atoms with Gasteiger partial charge in [0.1, 0.15) is 5.82 Å². The zero-order valence-corrected chi connectivity index (χ0v) is 23.7. The third kappa shape index (κ3) is 9.44. The van der Waals surface area contributed by atoms with E-state index in [-0.39, 0.29) is 64.0 Å². The van der Waals surface area contributed by atoms with Crippen molar-refractivity contribution in [2.24, 2.45) is 0 Å². The second-order valence-electron chi connectivity index (χ2n) is 6.54. The molecule has 0 heterocycles. The van der Waals surface area contributed by atoms with Gasteiger partial charge in [-0.3, -0.25) is 9.00 Å². The monoisotopic (exact) mass is 538 g/mol. The summed E-state index contributed by atoms with van der Waals surface area (Å²) < 4.78 is 80.4. The van der Waals surface area contributed by atoms with Crippen LogP contribution in [0.2, 0.25) is 0 Å². The van der Waals surface area contributed by atoms with E-state index in [0.717, 1.165) is 43.3 Å². The van der Waals surface area contributed by atoms with Crippen LogP contribution in [-0.4, -0.2) is 21.5 Å². The van der Waals surface area contributed by atoms with Crippen molar-refractivity contribution in [3.05, 3.63) is 59.4 Å². The Morgan fingerprint density at radius 2 is 1.74 bits per heavy atom. The first kappa shape index (κ1) is 33.4. The van der Waals surface area contributed by atoms with E-state index >= 15 is 0 Å². The van der Waals surface area contributed by atoms with E-state index < -0.39 is 64.7 Å². The fourth-order valence-corrected chi connectivity index (χ4v) is 4.54. The van der Waals surface area contributed by atoms with Crippen LogP contribution in [-0.2, 0) is 30.9 Å². The average Bonchev–Trinajstić information content (AvgIpc) is 2.66. The first-order valence-electron chi connectivity index (χ1n) is 8.44. The summed E-state index contributed by atoms with van der Waals surface area (Å²) in [5.41, 5.74) is -5.18. The Bertz CT molecular complexity index is 1140. The number of carbonyl (C=O) groups is 1. The van der Waals surface area contributed by atoms with Gasteiger partial charge >= 0.3 is 65.3 Å². The van der Waals surface area contributed by atoms with Crippen molar-refractivity contribution in [3.8, 4) is 6.07 Å². The van der Waals surface area contributed by atoms with Gasteiger partial charge in [-0.2, -0.15) is 18.4 Å². The van der Waals surface area contributed by atoms with Gasteiger partial charge in [0.05, 0.1) is 41.6 Å². The molecule has 16 heteroatoms. The molecule has 34 heavy (non-hydrogen) atoms. The molecule has 2 aromatic rings. The molecule has 172 valence electrons. The number of benzene rings is 2. The Labute approximate surface area is 238 Å². The molecule has 1 N–H and O–H groups in total. The number of nitrogens with one attached hydrogen (secondary N) is 1. The molecule has 0 aliphatic heterocycles. The number of amides is 1.